The fourth-order valence-electron chi connectivity index (χ4n) is 1.18. The highest BCUT2D eigenvalue weighted by Crippen LogP contribution is 2.01. The molecule has 0 aliphatic rings. The Hall–Kier alpha value is -1.62. The van der Waals surface area contributed by atoms with Gasteiger partial charge in [0.25, 0.3) is 5.91 Å². The summed E-state index contributed by atoms with van der Waals surface area (Å²) in [5.41, 5.74) is -0.236. The van der Waals surface area contributed by atoms with Crippen molar-refractivity contribution in [3.63, 3.8) is 0 Å². The lowest BCUT2D eigenvalue weighted by Crippen LogP contribution is -2.40. The molecule has 2 atom stereocenters. The summed E-state index contributed by atoms with van der Waals surface area (Å²) in [5, 5.41) is 11.6. The van der Waals surface area contributed by atoms with E-state index in [1.54, 1.807) is 6.92 Å². The first-order valence-electron chi connectivity index (χ1n) is 5.15. The van der Waals surface area contributed by atoms with E-state index in [1.165, 1.54) is 18.5 Å². The molecule has 0 radical (unpaired) electrons. The van der Waals surface area contributed by atoms with E-state index in [1.807, 2.05) is 6.92 Å². The Kier molecular flexibility index (Phi) is 4.25. The zero-order chi connectivity index (χ0) is 12.1. The van der Waals surface area contributed by atoms with Gasteiger partial charge in [-0.1, -0.05) is 6.92 Å². The number of aliphatic hydroxyl groups excluding tert-OH is 1. The number of rotatable bonds is 4. The highest BCUT2D eigenvalue weighted by Gasteiger charge is 2.16. The second-order valence-electron chi connectivity index (χ2n) is 3.84. The molecule has 5 heteroatoms. The van der Waals surface area contributed by atoms with Gasteiger partial charge in [0, 0.05) is 31.1 Å². The topological polar surface area (TPSA) is 82.2 Å². The second kappa shape index (κ2) is 5.46. The first kappa shape index (κ1) is 12.4. The molecule has 16 heavy (non-hydrogen) atoms. The van der Waals surface area contributed by atoms with Crippen LogP contribution in [0.1, 0.15) is 24.2 Å². The first-order chi connectivity index (χ1) is 7.56. The predicted octanol–water partition coefficient (Wildman–Crippen LogP) is 0.122. The Morgan fingerprint density at radius 3 is 2.81 bits per heavy atom. The lowest BCUT2D eigenvalue weighted by Gasteiger charge is -2.18. The number of amides is 1. The van der Waals surface area contributed by atoms with Gasteiger partial charge >= 0.3 is 0 Å². The number of H-pyrrole nitrogens is 1. The average molecular weight is 224 g/mol. The highest BCUT2D eigenvalue weighted by atomic mass is 16.3. The summed E-state index contributed by atoms with van der Waals surface area (Å²) < 4.78 is 0. The van der Waals surface area contributed by atoms with Crippen LogP contribution in [0.4, 0.5) is 0 Å². The van der Waals surface area contributed by atoms with E-state index in [9.17, 15) is 9.59 Å². The van der Waals surface area contributed by atoms with Gasteiger partial charge in [0.05, 0.1) is 0 Å². The van der Waals surface area contributed by atoms with Crippen LogP contribution in [0, 0.1) is 5.92 Å². The normalized spacial score (nSPS) is 14.2. The van der Waals surface area contributed by atoms with Crippen LogP contribution in [-0.2, 0) is 0 Å². The van der Waals surface area contributed by atoms with Crippen molar-refractivity contribution in [1.29, 1.82) is 0 Å². The summed E-state index contributed by atoms with van der Waals surface area (Å²) in [6, 6.07) is 1.12. The number of aromatic nitrogens is 1. The summed E-state index contributed by atoms with van der Waals surface area (Å²) in [6.45, 7) is 3.60. The maximum atomic E-state index is 11.7. The molecular weight excluding hydrogens is 208 g/mol. The van der Waals surface area contributed by atoms with E-state index >= 15 is 0 Å². The molecule has 88 valence electrons. The first-order valence-corrected chi connectivity index (χ1v) is 5.15. The van der Waals surface area contributed by atoms with Crippen molar-refractivity contribution in [2.75, 3.05) is 6.61 Å². The van der Waals surface area contributed by atoms with Crippen molar-refractivity contribution < 1.29 is 9.90 Å². The van der Waals surface area contributed by atoms with Crippen molar-refractivity contribution in [2.24, 2.45) is 5.92 Å². The third-order valence-electron chi connectivity index (χ3n) is 2.57. The molecule has 0 aliphatic carbocycles. The Morgan fingerprint density at radius 2 is 2.25 bits per heavy atom. The molecule has 1 aromatic heterocycles. The molecule has 0 bridgehead atoms. The Balaban J connectivity index is 2.74. The van der Waals surface area contributed by atoms with Crippen LogP contribution in [0.3, 0.4) is 0 Å². The summed E-state index contributed by atoms with van der Waals surface area (Å²) >= 11 is 0. The molecule has 2 unspecified atom stereocenters. The summed E-state index contributed by atoms with van der Waals surface area (Å²) in [5.74, 6) is -0.471. The number of pyridine rings is 1. The molecule has 0 aliphatic heterocycles. The van der Waals surface area contributed by atoms with Gasteiger partial charge in [-0.05, 0) is 12.8 Å². The molecule has 0 fully saturated rings. The van der Waals surface area contributed by atoms with Crippen LogP contribution < -0.4 is 10.7 Å². The molecular formula is C11H16N2O3. The van der Waals surface area contributed by atoms with E-state index < -0.39 is 5.91 Å². The van der Waals surface area contributed by atoms with Gasteiger partial charge in [0.15, 0.2) is 5.43 Å². The van der Waals surface area contributed by atoms with Gasteiger partial charge in [-0.2, -0.15) is 0 Å². The fraction of sp³-hybridized carbons (Fsp3) is 0.455. The minimum Gasteiger partial charge on any atom is -0.396 e. The van der Waals surface area contributed by atoms with Gasteiger partial charge in [-0.3, -0.25) is 9.59 Å². The van der Waals surface area contributed by atoms with Gasteiger partial charge in [-0.25, -0.2) is 0 Å². The van der Waals surface area contributed by atoms with Crippen LogP contribution in [0.2, 0.25) is 0 Å². The Morgan fingerprint density at radius 1 is 1.56 bits per heavy atom. The SMILES string of the molecule is CC(CO)C(C)NC(=O)c1c[nH]ccc1=O. The fourth-order valence-corrected chi connectivity index (χ4v) is 1.18. The monoisotopic (exact) mass is 224 g/mol. The quantitative estimate of drug-likeness (QED) is 0.679. The zero-order valence-corrected chi connectivity index (χ0v) is 9.36. The lowest BCUT2D eigenvalue weighted by molar-refractivity contribution is 0.0915. The van der Waals surface area contributed by atoms with Crippen LogP contribution in [0.5, 0.6) is 0 Å². The van der Waals surface area contributed by atoms with E-state index in [-0.39, 0.29) is 29.6 Å². The van der Waals surface area contributed by atoms with E-state index in [0.717, 1.165) is 0 Å². The van der Waals surface area contributed by atoms with E-state index in [0.29, 0.717) is 0 Å². The van der Waals surface area contributed by atoms with Crippen molar-refractivity contribution >= 4 is 5.91 Å². The molecule has 1 aromatic rings. The lowest BCUT2D eigenvalue weighted by atomic mass is 10.0. The molecule has 1 rings (SSSR count). The molecule has 0 aromatic carbocycles. The van der Waals surface area contributed by atoms with Crippen LogP contribution in [-0.4, -0.2) is 28.6 Å². The van der Waals surface area contributed by atoms with Crippen molar-refractivity contribution in [3.8, 4) is 0 Å². The number of aromatic amines is 1. The summed E-state index contributed by atoms with van der Waals surface area (Å²) in [6.07, 6.45) is 2.84. The van der Waals surface area contributed by atoms with Gasteiger partial charge < -0.3 is 15.4 Å². The van der Waals surface area contributed by atoms with Gasteiger partial charge in [0.1, 0.15) is 5.56 Å². The zero-order valence-electron chi connectivity index (χ0n) is 9.36. The van der Waals surface area contributed by atoms with Crippen molar-refractivity contribution in [2.45, 2.75) is 19.9 Å². The molecule has 3 N–H and O–H groups in total. The molecule has 1 amide bonds. The third-order valence-corrected chi connectivity index (χ3v) is 2.57. The smallest absolute Gasteiger partial charge is 0.256 e. The predicted molar refractivity (Wildman–Crippen MR) is 60.2 cm³/mol. The molecule has 1 heterocycles. The van der Waals surface area contributed by atoms with Crippen molar-refractivity contribution in [3.05, 3.63) is 34.2 Å². The number of aliphatic hydroxyl groups is 1. The molecule has 0 saturated carbocycles. The standard InChI is InChI=1S/C11H16N2O3/c1-7(6-14)8(2)13-11(16)9-5-12-4-3-10(9)15/h3-5,7-8,14H,6H2,1-2H3,(H,12,15)(H,13,16). The Bertz CT molecular complexity index is 414. The van der Waals surface area contributed by atoms with Crippen LogP contribution in [0.15, 0.2) is 23.3 Å². The molecule has 0 saturated heterocycles. The second-order valence-corrected chi connectivity index (χ2v) is 3.84. The maximum absolute atomic E-state index is 11.7. The minimum atomic E-state index is -0.422. The molecule has 0 spiro atoms. The number of hydrogen-bond donors (Lipinski definition) is 3. The third kappa shape index (κ3) is 2.93. The summed E-state index contributed by atoms with van der Waals surface area (Å²) in [7, 11) is 0. The van der Waals surface area contributed by atoms with Crippen LogP contribution in [0.25, 0.3) is 0 Å². The maximum Gasteiger partial charge on any atom is 0.256 e. The number of hydrogen-bond acceptors (Lipinski definition) is 3. The number of carbonyl (C=O) groups excluding carboxylic acids is 1. The van der Waals surface area contributed by atoms with E-state index in [2.05, 4.69) is 10.3 Å². The number of nitrogens with one attached hydrogen (secondary N) is 2. The van der Waals surface area contributed by atoms with Crippen molar-refractivity contribution in [1.82, 2.24) is 10.3 Å². The van der Waals surface area contributed by atoms with E-state index in [4.69, 9.17) is 5.11 Å². The largest absolute Gasteiger partial charge is 0.396 e. The Labute approximate surface area is 93.5 Å². The summed E-state index contributed by atoms with van der Waals surface area (Å²) in [4.78, 5) is 25.7. The highest BCUT2D eigenvalue weighted by molar-refractivity contribution is 5.93. The van der Waals surface area contributed by atoms with Crippen LogP contribution >= 0.6 is 0 Å². The van der Waals surface area contributed by atoms with Gasteiger partial charge in [-0.15, -0.1) is 0 Å². The average Bonchev–Trinajstić information content (AvgIpc) is 2.28. The minimum absolute atomic E-state index is 0.00735. The van der Waals surface area contributed by atoms with Gasteiger partial charge in [0.2, 0.25) is 0 Å². The number of carbonyl (C=O) groups is 1. The molecule has 5 nitrogen and oxygen atoms in total.